The molecule has 122 valence electrons. The van der Waals surface area contributed by atoms with Crippen LogP contribution in [0.2, 0.25) is 0 Å². The third kappa shape index (κ3) is 5.77. The Morgan fingerprint density at radius 3 is 2.50 bits per heavy atom. The first-order valence-electron chi connectivity index (χ1n) is 7.20. The van der Waals surface area contributed by atoms with E-state index in [0.717, 1.165) is 25.9 Å². The van der Waals surface area contributed by atoms with Crippen molar-refractivity contribution in [2.75, 3.05) is 25.0 Å². The number of alkyl halides is 3. The van der Waals surface area contributed by atoms with Crippen molar-refractivity contribution in [3.8, 4) is 5.75 Å². The zero-order valence-electron chi connectivity index (χ0n) is 12.3. The van der Waals surface area contributed by atoms with Gasteiger partial charge >= 0.3 is 5.57 Å². The lowest BCUT2D eigenvalue weighted by Crippen LogP contribution is -2.38. The van der Waals surface area contributed by atoms with E-state index in [9.17, 15) is 13.6 Å². The predicted octanol–water partition coefficient (Wildman–Crippen LogP) is 3.52. The molecule has 1 N–H and O–H groups in total. The van der Waals surface area contributed by atoms with E-state index in [2.05, 4.69) is 33.5 Å². The van der Waals surface area contributed by atoms with Crippen molar-refractivity contribution in [1.82, 2.24) is 4.90 Å². The molecular formula is C15H19ClF2N2O2. The van der Waals surface area contributed by atoms with Gasteiger partial charge in [-0.15, -0.1) is 8.78 Å². The number of amides is 1. The van der Waals surface area contributed by atoms with Crippen LogP contribution in [0.4, 0.5) is 14.5 Å². The summed E-state index contributed by atoms with van der Waals surface area (Å²) in [4.78, 5) is 14.1. The molecule has 1 heterocycles. The lowest BCUT2D eigenvalue weighted by atomic mass is 9.99. The Morgan fingerprint density at radius 1 is 1.36 bits per heavy atom. The zero-order valence-corrected chi connectivity index (χ0v) is 13.1. The van der Waals surface area contributed by atoms with Gasteiger partial charge in [-0.05, 0) is 56.1 Å². The molecule has 7 heteroatoms. The molecule has 0 radical (unpaired) electrons. The summed E-state index contributed by atoms with van der Waals surface area (Å²) >= 11 is 4.68. The average molecular weight is 333 g/mol. The smallest absolute Gasteiger partial charge is 0.420 e. The maximum Gasteiger partial charge on any atom is 0.487 e. The van der Waals surface area contributed by atoms with Crippen molar-refractivity contribution >= 4 is 23.2 Å². The van der Waals surface area contributed by atoms with Gasteiger partial charge in [-0.25, -0.2) is 0 Å². The van der Waals surface area contributed by atoms with Gasteiger partial charge in [0.2, 0.25) is 5.91 Å². The molecule has 0 aromatic heterocycles. The van der Waals surface area contributed by atoms with Gasteiger partial charge in [-0.2, -0.15) is 0 Å². The topological polar surface area (TPSA) is 41.6 Å². The van der Waals surface area contributed by atoms with Gasteiger partial charge in [0.1, 0.15) is 5.75 Å². The summed E-state index contributed by atoms with van der Waals surface area (Å²) in [5.74, 6) is 0.529. The van der Waals surface area contributed by atoms with E-state index in [-0.39, 0.29) is 11.7 Å². The van der Waals surface area contributed by atoms with Crippen LogP contribution in [0.3, 0.4) is 0 Å². The Kier molecular flexibility index (Phi) is 5.58. The number of halogens is 3. The number of hydrogen-bond donors (Lipinski definition) is 1. The van der Waals surface area contributed by atoms with Gasteiger partial charge in [-0.3, -0.25) is 9.69 Å². The number of likely N-dealkylation sites (tertiary alicyclic amines) is 1. The summed E-state index contributed by atoms with van der Waals surface area (Å²) in [6.07, 6.45) is 2.21. The normalized spacial score (nSPS) is 17.3. The molecule has 1 aliphatic heterocycles. The van der Waals surface area contributed by atoms with Crippen LogP contribution in [0.25, 0.3) is 0 Å². The second kappa shape index (κ2) is 7.24. The monoisotopic (exact) mass is 332 g/mol. The number of benzene rings is 1. The molecule has 1 saturated heterocycles. The highest BCUT2D eigenvalue weighted by molar-refractivity contribution is 6.20. The Hall–Kier alpha value is -1.40. The fraction of sp³-hybridized carbons (Fsp3) is 0.533. The highest BCUT2D eigenvalue weighted by Gasteiger charge is 2.27. The molecule has 1 aromatic carbocycles. The van der Waals surface area contributed by atoms with Gasteiger partial charge in [0.05, 0.1) is 6.54 Å². The first-order chi connectivity index (χ1) is 10.3. The van der Waals surface area contributed by atoms with Crippen LogP contribution in [-0.4, -0.2) is 36.0 Å². The number of ether oxygens (including phenoxy) is 1. The molecule has 1 aliphatic rings. The van der Waals surface area contributed by atoms with E-state index in [1.54, 1.807) is 0 Å². The van der Waals surface area contributed by atoms with E-state index in [1.165, 1.54) is 24.3 Å². The van der Waals surface area contributed by atoms with Crippen molar-refractivity contribution < 1.29 is 18.3 Å². The number of rotatable bonds is 5. The Labute approximate surface area is 133 Å². The van der Waals surface area contributed by atoms with Crippen LogP contribution in [0.15, 0.2) is 24.3 Å². The number of nitrogens with zero attached hydrogens (tertiary/aromatic N) is 1. The first kappa shape index (κ1) is 17.0. The van der Waals surface area contributed by atoms with Gasteiger partial charge in [0.25, 0.3) is 0 Å². The predicted molar refractivity (Wildman–Crippen MR) is 81.3 cm³/mol. The van der Waals surface area contributed by atoms with Crippen LogP contribution >= 0.6 is 11.6 Å². The lowest BCUT2D eigenvalue weighted by Gasteiger charge is -2.29. The molecule has 4 nitrogen and oxygen atoms in total. The summed E-state index contributed by atoms with van der Waals surface area (Å²) in [7, 11) is 0. The van der Waals surface area contributed by atoms with Crippen LogP contribution in [0.5, 0.6) is 5.75 Å². The summed E-state index contributed by atoms with van der Waals surface area (Å²) in [5.41, 5.74) is -3.21. The van der Waals surface area contributed by atoms with E-state index in [4.69, 9.17) is 0 Å². The molecule has 0 atom stereocenters. The van der Waals surface area contributed by atoms with Gasteiger partial charge in [-0.1, -0.05) is 6.92 Å². The highest BCUT2D eigenvalue weighted by atomic mass is 35.5. The van der Waals surface area contributed by atoms with Crippen molar-refractivity contribution in [1.29, 1.82) is 0 Å². The van der Waals surface area contributed by atoms with Crippen LogP contribution < -0.4 is 10.1 Å². The number of anilines is 1. The summed E-state index contributed by atoms with van der Waals surface area (Å²) < 4.78 is 29.2. The maximum absolute atomic E-state index is 12.5. The largest absolute Gasteiger partial charge is 0.487 e. The third-order valence-corrected chi connectivity index (χ3v) is 3.69. The van der Waals surface area contributed by atoms with Gasteiger partial charge in [0.15, 0.2) is 0 Å². The molecule has 22 heavy (non-hydrogen) atoms. The standard InChI is InChI=1S/C15H19ClF2N2O2/c1-11-6-8-20(9-7-11)10-14(21)19-12-2-4-13(5-3-12)22-15(16,17)18/h2-5,11H,6-10H2,1H3,(H,19,21). The lowest BCUT2D eigenvalue weighted by molar-refractivity contribution is -0.117. The summed E-state index contributed by atoms with van der Waals surface area (Å²) in [6.45, 7) is 4.40. The molecule has 0 bridgehead atoms. The molecule has 1 amide bonds. The third-order valence-electron chi connectivity index (χ3n) is 3.62. The van der Waals surface area contributed by atoms with Gasteiger partial charge in [0, 0.05) is 17.3 Å². The highest BCUT2D eigenvalue weighted by Crippen LogP contribution is 2.26. The minimum atomic E-state index is -3.74. The number of hydrogen-bond acceptors (Lipinski definition) is 3. The van der Waals surface area contributed by atoms with E-state index >= 15 is 0 Å². The number of nitrogens with one attached hydrogen (secondary N) is 1. The quantitative estimate of drug-likeness (QED) is 0.839. The molecule has 1 aromatic rings. The molecule has 0 unspecified atom stereocenters. The second-order valence-electron chi connectivity index (χ2n) is 5.58. The Balaban J connectivity index is 1.81. The Bertz CT molecular complexity index is 497. The number of carbonyl (C=O) groups is 1. The van der Waals surface area contributed by atoms with Crippen LogP contribution in [-0.2, 0) is 4.79 Å². The zero-order chi connectivity index (χ0) is 16.2. The molecular weight excluding hydrogens is 314 g/mol. The minimum absolute atomic E-state index is 0.0667. The van der Waals surface area contributed by atoms with E-state index in [1.807, 2.05) is 0 Å². The van der Waals surface area contributed by atoms with Crippen LogP contribution in [0.1, 0.15) is 19.8 Å². The molecule has 1 fully saturated rings. The first-order valence-corrected chi connectivity index (χ1v) is 7.57. The van der Waals surface area contributed by atoms with E-state index < -0.39 is 5.57 Å². The fourth-order valence-corrected chi connectivity index (χ4v) is 2.45. The summed E-state index contributed by atoms with van der Waals surface area (Å²) in [5, 5.41) is 2.73. The molecule has 0 spiro atoms. The molecule has 2 rings (SSSR count). The Morgan fingerprint density at radius 2 is 1.95 bits per heavy atom. The van der Waals surface area contributed by atoms with Crippen molar-refractivity contribution in [3.63, 3.8) is 0 Å². The summed E-state index contributed by atoms with van der Waals surface area (Å²) in [6, 6.07) is 5.64. The van der Waals surface area contributed by atoms with Crippen molar-refractivity contribution in [3.05, 3.63) is 24.3 Å². The fourth-order valence-electron chi connectivity index (χ4n) is 2.36. The SMILES string of the molecule is CC1CCN(CC(=O)Nc2ccc(OC(F)(F)Cl)cc2)CC1. The van der Waals surface area contributed by atoms with Gasteiger partial charge < -0.3 is 10.1 Å². The van der Waals surface area contributed by atoms with Crippen LogP contribution in [0, 0.1) is 5.92 Å². The van der Waals surface area contributed by atoms with Crippen molar-refractivity contribution in [2.24, 2.45) is 5.92 Å². The average Bonchev–Trinajstić information content (AvgIpc) is 2.42. The maximum atomic E-state index is 12.5. The minimum Gasteiger partial charge on any atom is -0.420 e. The van der Waals surface area contributed by atoms with Crippen molar-refractivity contribution in [2.45, 2.75) is 25.3 Å². The van der Waals surface area contributed by atoms with E-state index in [0.29, 0.717) is 18.2 Å². The number of carbonyl (C=O) groups excluding carboxylic acids is 1. The molecule has 0 saturated carbocycles. The molecule has 0 aliphatic carbocycles. The number of piperidine rings is 1. The second-order valence-corrected chi connectivity index (χ2v) is 6.02.